The van der Waals surface area contributed by atoms with E-state index in [1.807, 2.05) is 34.9 Å². The van der Waals surface area contributed by atoms with Crippen molar-refractivity contribution < 1.29 is 0 Å². The Labute approximate surface area is 137 Å². The minimum atomic E-state index is 0.595. The lowest BCUT2D eigenvalue weighted by Gasteiger charge is -2.07. The van der Waals surface area contributed by atoms with Gasteiger partial charge in [-0.3, -0.25) is 4.57 Å². The van der Waals surface area contributed by atoms with Crippen molar-refractivity contribution in [3.05, 3.63) is 55.7 Å². The lowest BCUT2D eigenvalue weighted by atomic mass is 10.2. The molecule has 0 bridgehead atoms. The lowest BCUT2D eigenvalue weighted by molar-refractivity contribution is 1.06. The number of H-pyrrole nitrogens is 1. The Bertz CT molecular complexity index is 918. The van der Waals surface area contributed by atoms with E-state index < -0.39 is 0 Å². The molecule has 98 valence electrons. The van der Waals surface area contributed by atoms with Crippen LogP contribution in [0.5, 0.6) is 0 Å². The summed E-state index contributed by atoms with van der Waals surface area (Å²) in [5.41, 5.74) is 3.33. The highest BCUT2D eigenvalue weighted by molar-refractivity contribution is 9.11. The van der Waals surface area contributed by atoms with Gasteiger partial charge >= 0.3 is 0 Å². The first-order valence-corrected chi connectivity index (χ1v) is 7.70. The average Bonchev–Trinajstić information content (AvgIpc) is 2.74. The number of benzene rings is 2. The summed E-state index contributed by atoms with van der Waals surface area (Å²) in [6.07, 6.45) is 0. The minimum absolute atomic E-state index is 0.595. The maximum atomic E-state index is 9.05. The van der Waals surface area contributed by atoms with Crippen molar-refractivity contribution in [3.63, 3.8) is 0 Å². The quantitative estimate of drug-likeness (QED) is 0.570. The van der Waals surface area contributed by atoms with Crippen molar-refractivity contribution in [2.45, 2.75) is 0 Å². The number of aromatic amines is 1. The largest absolute Gasteiger partial charge is 0.330 e. The van der Waals surface area contributed by atoms with E-state index in [1.54, 1.807) is 6.07 Å². The van der Waals surface area contributed by atoms with Crippen LogP contribution in [0, 0.1) is 16.1 Å². The van der Waals surface area contributed by atoms with Gasteiger partial charge in [0.05, 0.1) is 28.4 Å². The molecule has 3 aromatic rings. The van der Waals surface area contributed by atoms with Crippen LogP contribution in [0.1, 0.15) is 5.56 Å². The summed E-state index contributed by atoms with van der Waals surface area (Å²) in [7, 11) is 0. The molecule has 3 nitrogen and oxygen atoms in total. The van der Waals surface area contributed by atoms with Crippen LogP contribution in [0.3, 0.4) is 0 Å². The standard InChI is InChI=1S/C14H7Br2N3S/c15-9-2-4-12(10(16)6-9)19-13-5-8(7-17)1-3-11(13)18-14(19)20/h1-6H,(H,18,20). The molecule has 0 aliphatic heterocycles. The van der Waals surface area contributed by atoms with E-state index in [1.165, 1.54) is 0 Å². The summed E-state index contributed by atoms with van der Waals surface area (Å²) in [6.45, 7) is 0. The second-order valence-electron chi connectivity index (χ2n) is 4.21. The average molecular weight is 409 g/mol. The van der Waals surface area contributed by atoms with Gasteiger partial charge in [-0.2, -0.15) is 5.26 Å². The third-order valence-corrected chi connectivity index (χ3v) is 4.38. The lowest BCUT2D eigenvalue weighted by Crippen LogP contribution is -1.95. The van der Waals surface area contributed by atoms with E-state index in [4.69, 9.17) is 17.5 Å². The van der Waals surface area contributed by atoms with Crippen molar-refractivity contribution in [1.82, 2.24) is 9.55 Å². The van der Waals surface area contributed by atoms with Crippen molar-refractivity contribution >= 4 is 55.1 Å². The van der Waals surface area contributed by atoms with E-state index >= 15 is 0 Å². The van der Waals surface area contributed by atoms with Crippen LogP contribution < -0.4 is 0 Å². The summed E-state index contributed by atoms with van der Waals surface area (Å²) in [5, 5.41) is 9.05. The molecule has 1 heterocycles. The zero-order valence-electron chi connectivity index (χ0n) is 10.0. The summed E-state index contributed by atoms with van der Waals surface area (Å²) in [4.78, 5) is 3.15. The molecule has 3 rings (SSSR count). The van der Waals surface area contributed by atoms with E-state index in [2.05, 4.69) is 42.9 Å². The van der Waals surface area contributed by atoms with Crippen LogP contribution in [-0.4, -0.2) is 9.55 Å². The van der Waals surface area contributed by atoms with E-state index in [-0.39, 0.29) is 0 Å². The third-order valence-electron chi connectivity index (χ3n) is 2.96. The van der Waals surface area contributed by atoms with Gasteiger partial charge in [0.1, 0.15) is 0 Å². The zero-order valence-corrected chi connectivity index (χ0v) is 14.0. The number of nitriles is 1. The number of halogens is 2. The molecule has 0 fully saturated rings. The fourth-order valence-electron chi connectivity index (χ4n) is 2.07. The van der Waals surface area contributed by atoms with E-state index in [0.29, 0.717) is 10.3 Å². The molecule has 0 unspecified atom stereocenters. The molecular formula is C14H7Br2N3S. The first-order chi connectivity index (χ1) is 9.60. The molecular weight excluding hydrogens is 402 g/mol. The molecule has 6 heteroatoms. The van der Waals surface area contributed by atoms with Crippen LogP contribution in [-0.2, 0) is 0 Å². The number of aromatic nitrogens is 2. The number of hydrogen-bond acceptors (Lipinski definition) is 2. The van der Waals surface area contributed by atoms with E-state index in [9.17, 15) is 0 Å². The second-order valence-corrected chi connectivity index (χ2v) is 6.36. The highest BCUT2D eigenvalue weighted by Crippen LogP contribution is 2.28. The fourth-order valence-corrected chi connectivity index (χ4v) is 3.61. The van der Waals surface area contributed by atoms with Gasteiger partial charge in [0.2, 0.25) is 0 Å². The second kappa shape index (κ2) is 5.17. The van der Waals surface area contributed by atoms with Gasteiger partial charge in [0, 0.05) is 8.95 Å². The topological polar surface area (TPSA) is 44.5 Å². The number of rotatable bonds is 1. The zero-order chi connectivity index (χ0) is 14.3. The predicted molar refractivity (Wildman–Crippen MR) is 88.6 cm³/mol. The Morgan fingerprint density at radius 2 is 1.95 bits per heavy atom. The predicted octanol–water partition coefficient (Wildman–Crippen LogP) is 5.08. The summed E-state index contributed by atoms with van der Waals surface area (Å²) >= 11 is 12.4. The van der Waals surface area contributed by atoms with Crippen LogP contribution in [0.25, 0.3) is 16.7 Å². The number of nitrogens with zero attached hydrogens (tertiary/aromatic N) is 2. The SMILES string of the molecule is N#Cc1ccc2[nH]c(=S)n(-c3ccc(Br)cc3Br)c2c1. The maximum Gasteiger partial charge on any atom is 0.182 e. The number of nitrogens with one attached hydrogen (secondary N) is 1. The number of hydrogen-bond donors (Lipinski definition) is 1. The monoisotopic (exact) mass is 407 g/mol. The smallest absolute Gasteiger partial charge is 0.182 e. The number of imidazole rings is 1. The van der Waals surface area contributed by atoms with Gasteiger partial charge in [0.15, 0.2) is 4.77 Å². The molecule has 0 radical (unpaired) electrons. The van der Waals surface area contributed by atoms with E-state index in [0.717, 1.165) is 25.7 Å². The van der Waals surface area contributed by atoms with Crippen LogP contribution in [0.15, 0.2) is 45.3 Å². The summed E-state index contributed by atoms with van der Waals surface area (Å²) in [6, 6.07) is 13.5. The van der Waals surface area contributed by atoms with Gasteiger partial charge in [-0.15, -0.1) is 0 Å². The van der Waals surface area contributed by atoms with Crippen molar-refractivity contribution in [1.29, 1.82) is 5.26 Å². The number of fused-ring (bicyclic) bond motifs is 1. The highest BCUT2D eigenvalue weighted by Gasteiger charge is 2.10. The molecule has 20 heavy (non-hydrogen) atoms. The molecule has 1 N–H and O–H groups in total. The Hall–Kier alpha value is -1.42. The van der Waals surface area contributed by atoms with Gasteiger partial charge < -0.3 is 4.98 Å². The normalized spacial score (nSPS) is 10.7. The Balaban J connectivity index is 2.38. The molecule has 0 saturated carbocycles. The Morgan fingerprint density at radius 3 is 2.65 bits per heavy atom. The molecule has 0 aliphatic rings. The van der Waals surface area contributed by atoms with Gasteiger partial charge in [-0.05, 0) is 64.5 Å². The van der Waals surface area contributed by atoms with Crippen molar-refractivity contribution in [2.75, 3.05) is 0 Å². The first kappa shape index (κ1) is 13.6. The first-order valence-electron chi connectivity index (χ1n) is 5.70. The summed E-state index contributed by atoms with van der Waals surface area (Å²) in [5.74, 6) is 0. The van der Waals surface area contributed by atoms with Crippen molar-refractivity contribution in [2.24, 2.45) is 0 Å². The van der Waals surface area contributed by atoms with Crippen molar-refractivity contribution in [3.8, 4) is 11.8 Å². The molecule has 2 aromatic carbocycles. The molecule has 0 saturated heterocycles. The minimum Gasteiger partial charge on any atom is -0.330 e. The highest BCUT2D eigenvalue weighted by atomic mass is 79.9. The Kier molecular flexibility index (Phi) is 3.50. The maximum absolute atomic E-state index is 9.05. The molecule has 0 aliphatic carbocycles. The third kappa shape index (κ3) is 2.22. The van der Waals surface area contributed by atoms with Gasteiger partial charge in [-0.25, -0.2) is 0 Å². The van der Waals surface area contributed by atoms with Crippen LogP contribution in [0.2, 0.25) is 0 Å². The molecule has 0 spiro atoms. The van der Waals surface area contributed by atoms with Crippen LogP contribution in [0.4, 0.5) is 0 Å². The fraction of sp³-hybridized carbons (Fsp3) is 0. The molecule has 0 atom stereocenters. The van der Waals surface area contributed by atoms with Gasteiger partial charge in [0.25, 0.3) is 0 Å². The molecule has 0 amide bonds. The van der Waals surface area contributed by atoms with Crippen LogP contribution >= 0.6 is 44.1 Å². The Morgan fingerprint density at radius 1 is 1.15 bits per heavy atom. The van der Waals surface area contributed by atoms with Gasteiger partial charge in [-0.1, -0.05) is 15.9 Å². The summed E-state index contributed by atoms with van der Waals surface area (Å²) < 4.78 is 4.42. The molecule has 1 aromatic heterocycles.